The molecule has 0 aromatic heterocycles. The highest BCUT2D eigenvalue weighted by Crippen LogP contribution is 2.58. The molecule has 0 aliphatic heterocycles. The van der Waals surface area contributed by atoms with Crippen molar-refractivity contribution in [3.8, 4) is 22.3 Å². The van der Waals surface area contributed by atoms with Gasteiger partial charge in [0.15, 0.2) is 0 Å². The maximum absolute atomic E-state index is 4.15. The van der Waals surface area contributed by atoms with Crippen LogP contribution in [0.15, 0.2) is 127 Å². The zero-order valence-corrected chi connectivity index (χ0v) is 32.0. The van der Waals surface area contributed by atoms with Gasteiger partial charge in [-0.15, -0.1) is 0 Å². The predicted molar refractivity (Wildman–Crippen MR) is 218 cm³/mol. The average molecular weight is 656 g/mol. The summed E-state index contributed by atoms with van der Waals surface area (Å²) in [5.41, 5.74) is 17.1. The Morgan fingerprint density at radius 1 is 0.620 bits per heavy atom. The van der Waals surface area contributed by atoms with Crippen LogP contribution in [0.1, 0.15) is 104 Å². The lowest BCUT2D eigenvalue weighted by Gasteiger charge is -2.31. The largest absolute Gasteiger partial charge is 0.314 e. The van der Waals surface area contributed by atoms with Gasteiger partial charge in [0.25, 0.3) is 0 Å². The predicted octanol–water partition coefficient (Wildman–Crippen LogP) is 14.0. The van der Waals surface area contributed by atoms with E-state index in [0.29, 0.717) is 0 Å². The molecule has 5 aromatic rings. The zero-order chi connectivity index (χ0) is 36.0. The van der Waals surface area contributed by atoms with Crippen molar-refractivity contribution in [2.45, 2.75) is 92.4 Å². The molecule has 0 spiro atoms. The van der Waals surface area contributed by atoms with E-state index in [1.165, 1.54) is 72.1 Å². The van der Waals surface area contributed by atoms with Crippen LogP contribution in [0.4, 0.5) is 11.4 Å². The lowest BCUT2D eigenvalue weighted by atomic mass is 9.79. The molecule has 0 amide bonds. The van der Waals surface area contributed by atoms with Crippen LogP contribution in [0, 0.1) is 5.41 Å². The van der Waals surface area contributed by atoms with Gasteiger partial charge >= 0.3 is 0 Å². The lowest BCUT2D eigenvalue weighted by Crippen LogP contribution is -2.19. The van der Waals surface area contributed by atoms with E-state index in [0.717, 1.165) is 11.4 Å². The van der Waals surface area contributed by atoms with Gasteiger partial charge in [-0.05, 0) is 115 Å². The molecule has 0 unspecified atom stereocenters. The molecule has 0 radical (unpaired) electrons. The summed E-state index contributed by atoms with van der Waals surface area (Å²) < 4.78 is 0. The number of allylic oxidation sites excluding steroid dienone is 5. The quantitative estimate of drug-likeness (QED) is 0.170. The number of benzene rings is 5. The van der Waals surface area contributed by atoms with Crippen LogP contribution in [0.2, 0.25) is 0 Å². The number of anilines is 2. The fourth-order valence-corrected chi connectivity index (χ4v) is 8.49. The second kappa shape index (κ2) is 11.5. The zero-order valence-electron chi connectivity index (χ0n) is 32.0. The van der Waals surface area contributed by atoms with Gasteiger partial charge in [-0.1, -0.05) is 149 Å². The summed E-state index contributed by atoms with van der Waals surface area (Å²) in [5, 5.41) is 2.57. The maximum atomic E-state index is 4.15. The molecule has 1 heteroatoms. The first kappa shape index (κ1) is 33.9. The van der Waals surface area contributed by atoms with Gasteiger partial charge < -0.3 is 4.90 Å². The Hall–Kier alpha value is -4.62. The highest BCUT2D eigenvalue weighted by molar-refractivity contribution is 6.10. The van der Waals surface area contributed by atoms with Crippen molar-refractivity contribution in [3.05, 3.63) is 155 Å². The van der Waals surface area contributed by atoms with Crippen LogP contribution in [0.3, 0.4) is 0 Å². The van der Waals surface area contributed by atoms with Crippen molar-refractivity contribution < 1.29 is 0 Å². The highest BCUT2D eigenvalue weighted by Gasteiger charge is 2.42. The lowest BCUT2D eigenvalue weighted by molar-refractivity contribution is 0.517. The summed E-state index contributed by atoms with van der Waals surface area (Å²) in [6.45, 7) is 29.6. The summed E-state index contributed by atoms with van der Waals surface area (Å²) in [4.78, 5) is 2.47. The van der Waals surface area contributed by atoms with Gasteiger partial charge in [-0.3, -0.25) is 0 Å². The SMILES string of the molecule is C=C/C(=C\C=C(/C)N(c1ccc(C(C)(C)C)cc1)c1cc2c(c3ccccc13)-c1cc3c(cc1C2(C)C)-c1ccccc1C3(C)C)C(C)(C)C. The van der Waals surface area contributed by atoms with E-state index in [2.05, 4.69) is 191 Å². The van der Waals surface area contributed by atoms with Crippen molar-refractivity contribution >= 4 is 22.1 Å². The molecule has 0 heterocycles. The Kier molecular flexibility index (Phi) is 7.76. The number of hydrogen-bond acceptors (Lipinski definition) is 1. The van der Waals surface area contributed by atoms with Gasteiger partial charge in [0.1, 0.15) is 0 Å². The minimum atomic E-state index is -0.179. The number of rotatable bonds is 5. The first-order chi connectivity index (χ1) is 23.5. The van der Waals surface area contributed by atoms with Crippen molar-refractivity contribution in [2.24, 2.45) is 5.41 Å². The molecule has 50 heavy (non-hydrogen) atoms. The topological polar surface area (TPSA) is 3.24 Å². The van der Waals surface area contributed by atoms with Crippen molar-refractivity contribution in [2.75, 3.05) is 4.90 Å². The van der Waals surface area contributed by atoms with Crippen molar-refractivity contribution in [3.63, 3.8) is 0 Å². The molecule has 2 aliphatic rings. The normalized spacial score (nSPS) is 16.1. The fourth-order valence-electron chi connectivity index (χ4n) is 8.49. The summed E-state index contributed by atoms with van der Waals surface area (Å²) in [5.74, 6) is 0. The van der Waals surface area contributed by atoms with E-state index in [1.54, 1.807) is 0 Å². The summed E-state index contributed by atoms with van der Waals surface area (Å²) in [6.07, 6.45) is 6.51. The molecular formula is C49H53N. The molecule has 5 aromatic carbocycles. The van der Waals surface area contributed by atoms with Crippen LogP contribution in [0.5, 0.6) is 0 Å². The van der Waals surface area contributed by atoms with Gasteiger partial charge in [-0.25, -0.2) is 0 Å². The third kappa shape index (κ3) is 5.20. The smallest absolute Gasteiger partial charge is 0.0540 e. The van der Waals surface area contributed by atoms with Crippen LogP contribution < -0.4 is 4.90 Å². The van der Waals surface area contributed by atoms with Crippen LogP contribution in [-0.4, -0.2) is 0 Å². The van der Waals surface area contributed by atoms with Crippen molar-refractivity contribution in [1.29, 1.82) is 0 Å². The van der Waals surface area contributed by atoms with Crippen LogP contribution in [-0.2, 0) is 16.2 Å². The highest BCUT2D eigenvalue weighted by atomic mass is 15.1. The first-order valence-electron chi connectivity index (χ1n) is 18.2. The molecule has 254 valence electrons. The number of hydrogen-bond donors (Lipinski definition) is 0. The molecule has 0 N–H and O–H groups in total. The monoisotopic (exact) mass is 655 g/mol. The Labute approximate surface area is 301 Å². The standard InChI is InChI=1S/C49H53N/c1-13-32(46(3,4)5)23-22-31(2)50(34-26-24-33(25-27-34)47(6,7)8)44-30-43-45(37-20-15-14-19-36(37)44)39-29-41-38(28-42(39)49(43,11)12)35-18-16-17-21-40(35)48(41,9)10/h13-30H,1H2,2-12H3/b31-22+,32-23+. The van der Waals surface area contributed by atoms with E-state index in [-0.39, 0.29) is 21.7 Å². The molecule has 0 bridgehead atoms. The molecule has 0 saturated carbocycles. The van der Waals surface area contributed by atoms with E-state index >= 15 is 0 Å². The Balaban J connectivity index is 1.49. The third-order valence-electron chi connectivity index (χ3n) is 11.5. The fraction of sp³-hybridized carbons (Fsp3) is 0.306. The van der Waals surface area contributed by atoms with E-state index in [1.807, 2.05) is 6.08 Å². The molecule has 1 nitrogen and oxygen atoms in total. The van der Waals surface area contributed by atoms with Gasteiger partial charge in [0.2, 0.25) is 0 Å². The number of fused-ring (bicyclic) bond motifs is 8. The summed E-state index contributed by atoms with van der Waals surface area (Å²) in [7, 11) is 0. The summed E-state index contributed by atoms with van der Waals surface area (Å²) >= 11 is 0. The minimum absolute atomic E-state index is 0.00312. The first-order valence-corrected chi connectivity index (χ1v) is 18.2. The van der Waals surface area contributed by atoms with Crippen LogP contribution in [0.25, 0.3) is 33.0 Å². The van der Waals surface area contributed by atoms with Gasteiger partial charge in [-0.2, -0.15) is 0 Å². The van der Waals surface area contributed by atoms with E-state index < -0.39 is 0 Å². The molecule has 0 fully saturated rings. The molecule has 0 atom stereocenters. The molecular weight excluding hydrogens is 603 g/mol. The van der Waals surface area contributed by atoms with E-state index in [4.69, 9.17) is 0 Å². The van der Waals surface area contributed by atoms with Gasteiger partial charge in [0, 0.05) is 27.6 Å². The maximum Gasteiger partial charge on any atom is 0.0540 e. The second-order valence-corrected chi connectivity index (χ2v) is 17.6. The molecule has 7 rings (SSSR count). The van der Waals surface area contributed by atoms with Crippen LogP contribution >= 0.6 is 0 Å². The Morgan fingerprint density at radius 3 is 1.84 bits per heavy atom. The van der Waals surface area contributed by atoms with E-state index in [9.17, 15) is 0 Å². The second-order valence-electron chi connectivity index (χ2n) is 17.6. The third-order valence-corrected chi connectivity index (χ3v) is 11.5. The summed E-state index contributed by atoms with van der Waals surface area (Å²) in [6, 6.07) is 34.8. The average Bonchev–Trinajstić information content (AvgIpc) is 3.42. The molecule has 2 aliphatic carbocycles. The minimum Gasteiger partial charge on any atom is -0.314 e. The number of nitrogens with zero attached hydrogens (tertiary/aromatic N) is 1. The molecule has 0 saturated heterocycles. The van der Waals surface area contributed by atoms with Gasteiger partial charge in [0.05, 0.1) is 5.69 Å². The Bertz CT molecular complexity index is 2240. The van der Waals surface area contributed by atoms with Crippen molar-refractivity contribution in [1.82, 2.24) is 0 Å². The Morgan fingerprint density at radius 2 is 1.20 bits per heavy atom.